The van der Waals surface area contributed by atoms with Crippen LogP contribution in [0.4, 0.5) is 27.6 Å². The van der Waals surface area contributed by atoms with Crippen molar-refractivity contribution in [1.82, 2.24) is 20.5 Å². The van der Waals surface area contributed by atoms with E-state index < -0.39 is 63.6 Å². The van der Waals surface area contributed by atoms with Crippen molar-refractivity contribution in [3.8, 4) is 0 Å². The van der Waals surface area contributed by atoms with E-state index in [4.69, 9.17) is 11.6 Å². The highest BCUT2D eigenvalue weighted by Gasteiger charge is 2.69. The number of aliphatic hydroxyl groups excluding tert-OH is 1. The van der Waals surface area contributed by atoms with Crippen LogP contribution in [-0.4, -0.2) is 78.2 Å². The van der Waals surface area contributed by atoms with Gasteiger partial charge in [-0.2, -0.15) is 13.2 Å². The molecule has 62 heavy (non-hydrogen) atoms. The van der Waals surface area contributed by atoms with Crippen LogP contribution in [0.3, 0.4) is 0 Å². The van der Waals surface area contributed by atoms with Gasteiger partial charge in [-0.05, 0) is 72.8 Å². The summed E-state index contributed by atoms with van der Waals surface area (Å²) >= 11 is 7.82. The normalized spacial score (nSPS) is 20.7. The number of hydrogen-bond acceptors (Lipinski definition) is 7. The van der Waals surface area contributed by atoms with Gasteiger partial charge in [-0.15, -0.1) is 11.8 Å². The molecule has 2 fully saturated rings. The molecular formula is C43H47ClF5N5O6SSi. The third-order valence-electron chi connectivity index (χ3n) is 11.1. The smallest absolute Gasteiger partial charge is 0.392 e. The fourth-order valence-corrected chi connectivity index (χ4v) is 10.9. The average molecular weight is 920 g/mol. The Kier molecular flexibility index (Phi) is 14.4. The van der Waals surface area contributed by atoms with Crippen molar-refractivity contribution in [2.75, 3.05) is 18.4 Å². The molecule has 2 unspecified atom stereocenters. The van der Waals surface area contributed by atoms with Gasteiger partial charge in [-0.25, -0.2) is 8.78 Å². The predicted octanol–water partition coefficient (Wildman–Crippen LogP) is 7.79. The third-order valence-corrected chi connectivity index (χ3v) is 14.7. The number of anilines is 1. The topological polar surface area (TPSA) is 157 Å². The number of carbonyl (C=O) groups is 5. The third kappa shape index (κ3) is 10.6. The van der Waals surface area contributed by atoms with Crippen LogP contribution >= 0.6 is 23.4 Å². The molecule has 332 valence electrons. The maximum Gasteiger partial charge on any atom is 0.416 e. The first kappa shape index (κ1) is 47.0. The van der Waals surface area contributed by atoms with E-state index in [1.165, 1.54) is 30.0 Å². The summed E-state index contributed by atoms with van der Waals surface area (Å²) in [6, 6.07) is 6.78. The standard InChI is InChI=1S/C43H47ClF5N5O6SSi/c1-41(2,3)42(40(60)54-21-28(55)22-62-54)39(61-42)52-33(56)11-9-7-5-4-6-8-10-14-50-36(57)24-17-30-34(35(53-38(30)59)29-20-26(45)12-13-31(29)44)32(18-24)51-37(58)23-15-25(43(47,48)49)19-27(46)16-23/h12-13,15-20,28,35,39,55H,4-11,14,21-22H2,1-3H3,(H,50,57)(H,51,58)(H,52,56)(H,53,59)/t28?,35-,39?,42+/m0/s1. The van der Waals surface area contributed by atoms with E-state index in [-0.39, 0.29) is 77.9 Å². The number of carbonyl (C=O) groups excluding carboxylic acids is 5. The molecule has 0 saturated carbocycles. The Morgan fingerprint density at radius 3 is 2.26 bits per heavy atom. The van der Waals surface area contributed by atoms with Gasteiger partial charge in [0.05, 0.1) is 17.7 Å². The minimum atomic E-state index is -4.95. The van der Waals surface area contributed by atoms with Crippen LogP contribution in [0.5, 0.6) is 0 Å². The second-order valence-corrected chi connectivity index (χ2v) is 19.7. The van der Waals surface area contributed by atoms with Gasteiger partial charge in [0.25, 0.3) is 17.7 Å². The molecule has 3 aromatic rings. The van der Waals surface area contributed by atoms with E-state index in [9.17, 15) is 51.0 Å². The number of thioether (sulfide) groups is 1. The Morgan fingerprint density at radius 2 is 1.60 bits per heavy atom. The van der Waals surface area contributed by atoms with Gasteiger partial charge in [0.1, 0.15) is 21.8 Å². The summed E-state index contributed by atoms with van der Waals surface area (Å²) < 4.78 is 69.9. The number of benzene rings is 3. The second-order valence-electron chi connectivity index (χ2n) is 16.7. The largest absolute Gasteiger partial charge is 0.416 e. The maximum absolute atomic E-state index is 14.3. The van der Waals surface area contributed by atoms with Gasteiger partial charge < -0.3 is 30.9 Å². The molecule has 4 atom stereocenters. The summed E-state index contributed by atoms with van der Waals surface area (Å²) in [5, 5.41) is 20.6. The molecule has 2 saturated heterocycles. The van der Waals surface area contributed by atoms with Crippen LogP contribution in [-0.2, 0) is 15.8 Å². The summed E-state index contributed by atoms with van der Waals surface area (Å²) in [5.74, 6) is -4.55. The number of nitrogens with zero attached hydrogens (tertiary/aromatic N) is 1. The van der Waals surface area contributed by atoms with E-state index in [1.54, 1.807) is 4.57 Å². The quantitative estimate of drug-likeness (QED) is 0.0425. The monoisotopic (exact) mass is 919 g/mol. The number of halogens is 6. The molecule has 0 aliphatic carbocycles. The summed E-state index contributed by atoms with van der Waals surface area (Å²) in [4.78, 5) is 66.2. The number of amides is 5. The number of alkyl halides is 3. The van der Waals surface area contributed by atoms with Crippen molar-refractivity contribution in [2.45, 2.75) is 107 Å². The Bertz CT molecular complexity index is 2250. The molecule has 5 amide bonds. The minimum Gasteiger partial charge on any atom is -0.392 e. The SMILES string of the molecule is CC(C)(C)[C@@]1(C(=O)N2CC(O)C[Si]2)SC1NC(=O)CCCCCCCCCNC(=O)c1cc(NC(=O)c2cc(F)cc(C(F)(F)F)c2)c2c(c1)C(=O)N[C@H]2c1cc(F)ccc1Cl. The van der Waals surface area contributed by atoms with E-state index in [1.807, 2.05) is 20.8 Å². The first-order chi connectivity index (χ1) is 29.2. The lowest BCUT2D eigenvalue weighted by atomic mass is 9.79. The lowest BCUT2D eigenvalue weighted by molar-refractivity contribution is -0.138. The summed E-state index contributed by atoms with van der Waals surface area (Å²) in [6.07, 6.45) is 0.529. The Hall–Kier alpha value is -4.52. The average Bonchev–Trinajstić information content (AvgIpc) is 3.61. The highest BCUT2D eigenvalue weighted by molar-refractivity contribution is 8.09. The lowest BCUT2D eigenvalue weighted by Crippen LogP contribution is -2.51. The van der Waals surface area contributed by atoms with Crippen LogP contribution in [0.1, 0.15) is 126 Å². The van der Waals surface area contributed by atoms with Crippen LogP contribution in [0.2, 0.25) is 11.1 Å². The number of hydrogen-bond donors (Lipinski definition) is 5. The molecule has 3 aromatic carbocycles. The van der Waals surface area contributed by atoms with Gasteiger partial charge in [-0.3, -0.25) is 24.0 Å². The van der Waals surface area contributed by atoms with Gasteiger partial charge in [0.15, 0.2) is 9.68 Å². The lowest BCUT2D eigenvalue weighted by Gasteiger charge is -2.32. The van der Waals surface area contributed by atoms with E-state index in [0.717, 1.165) is 44.2 Å². The van der Waals surface area contributed by atoms with Gasteiger partial charge in [0.2, 0.25) is 11.8 Å². The molecule has 0 spiro atoms. The maximum atomic E-state index is 14.3. The molecule has 2 radical (unpaired) electrons. The van der Waals surface area contributed by atoms with E-state index in [0.29, 0.717) is 44.0 Å². The van der Waals surface area contributed by atoms with Crippen LogP contribution in [0.15, 0.2) is 48.5 Å². The van der Waals surface area contributed by atoms with Crippen LogP contribution in [0.25, 0.3) is 0 Å². The Labute approximate surface area is 367 Å². The fourth-order valence-electron chi connectivity index (χ4n) is 7.78. The molecule has 6 rings (SSSR count). The van der Waals surface area contributed by atoms with Crippen LogP contribution < -0.4 is 21.3 Å². The van der Waals surface area contributed by atoms with Crippen molar-refractivity contribution >= 4 is 68.3 Å². The summed E-state index contributed by atoms with van der Waals surface area (Å²) in [6.45, 7) is 6.58. The van der Waals surface area contributed by atoms with Gasteiger partial charge >= 0.3 is 6.18 Å². The molecule has 5 N–H and O–H groups in total. The first-order valence-electron chi connectivity index (χ1n) is 20.3. The molecule has 19 heteroatoms. The number of unbranched alkanes of at least 4 members (excludes halogenated alkanes) is 6. The molecule has 0 bridgehead atoms. The fraction of sp³-hybridized carbons (Fsp3) is 0.465. The molecule has 3 heterocycles. The second kappa shape index (κ2) is 19.1. The van der Waals surface area contributed by atoms with Gasteiger partial charge in [-0.1, -0.05) is 64.5 Å². The van der Waals surface area contributed by atoms with Crippen molar-refractivity contribution in [3.05, 3.63) is 98.6 Å². The predicted molar refractivity (Wildman–Crippen MR) is 226 cm³/mol. The minimum absolute atomic E-state index is 0.0238. The zero-order chi connectivity index (χ0) is 45.1. The number of aliphatic hydroxyl groups is 1. The zero-order valence-corrected chi connectivity index (χ0v) is 36.8. The molecule has 3 aliphatic heterocycles. The van der Waals surface area contributed by atoms with E-state index in [2.05, 4.69) is 21.3 Å². The van der Waals surface area contributed by atoms with Gasteiger partial charge in [0, 0.05) is 58.0 Å². The zero-order valence-electron chi connectivity index (χ0n) is 34.2. The Balaban J connectivity index is 0.990. The number of fused-ring (bicyclic) bond motifs is 1. The highest BCUT2D eigenvalue weighted by Crippen LogP contribution is 2.63. The van der Waals surface area contributed by atoms with E-state index >= 15 is 0 Å². The van der Waals surface area contributed by atoms with Crippen LogP contribution in [0, 0.1) is 17.0 Å². The van der Waals surface area contributed by atoms with Crippen molar-refractivity contribution in [1.29, 1.82) is 0 Å². The summed E-state index contributed by atoms with van der Waals surface area (Å²) in [7, 11) is 0.241. The van der Waals surface area contributed by atoms with Crippen molar-refractivity contribution < 1.29 is 51.0 Å². The van der Waals surface area contributed by atoms with Crippen molar-refractivity contribution in [2.24, 2.45) is 5.41 Å². The molecule has 11 nitrogen and oxygen atoms in total. The Morgan fingerprint density at radius 1 is 0.919 bits per heavy atom. The first-order valence-corrected chi connectivity index (χ1v) is 22.7. The highest BCUT2D eigenvalue weighted by atomic mass is 35.5. The molecular weight excluding hydrogens is 873 g/mol. The molecule has 0 aromatic heterocycles. The van der Waals surface area contributed by atoms with Crippen molar-refractivity contribution in [3.63, 3.8) is 0 Å². The molecule has 3 aliphatic rings. The number of nitrogens with one attached hydrogen (secondary N) is 4. The summed E-state index contributed by atoms with van der Waals surface area (Å²) in [5.41, 5.74) is -2.52. The number of β-amino-alcohol motifs (C(OH)–C–C–N with tert-alkyl or cyclic N) is 1. The number of rotatable bonds is 16.